The summed E-state index contributed by atoms with van der Waals surface area (Å²) in [5.41, 5.74) is 3.87. The van der Waals surface area contributed by atoms with E-state index in [1.54, 1.807) is 36.8 Å². The maximum Gasteiger partial charge on any atom is 0.305 e. The number of amides is 1. The molecule has 4 aromatic rings. The van der Waals surface area contributed by atoms with Crippen LogP contribution >= 0.6 is 0 Å². The molecule has 0 aliphatic heterocycles. The molecule has 0 bridgehead atoms. The van der Waals surface area contributed by atoms with Crippen molar-refractivity contribution >= 4 is 25.6 Å². The lowest BCUT2D eigenvalue weighted by Crippen LogP contribution is -2.22. The smallest absolute Gasteiger partial charge is 0.305 e. The number of esters is 1. The molecule has 0 spiro atoms. The average Bonchev–Trinajstić information content (AvgIpc) is 3.59. The fraction of sp³-hybridized carbons (Fsp3) is 0.375. The average molecular weight is 606 g/mol. The number of halogens is 1. The van der Waals surface area contributed by atoms with Crippen LogP contribution in [0.15, 0.2) is 61.1 Å². The van der Waals surface area contributed by atoms with E-state index in [9.17, 15) is 14.0 Å². The molecular formula is C32H40FN5O4Si. The Labute approximate surface area is 253 Å². The molecule has 0 fully saturated rings. The summed E-state index contributed by atoms with van der Waals surface area (Å²) in [6, 6.07) is 14.5. The van der Waals surface area contributed by atoms with Crippen molar-refractivity contribution in [3.63, 3.8) is 0 Å². The van der Waals surface area contributed by atoms with E-state index in [2.05, 4.69) is 29.9 Å². The van der Waals surface area contributed by atoms with Crippen LogP contribution in [0.1, 0.15) is 42.4 Å². The van der Waals surface area contributed by atoms with Crippen molar-refractivity contribution in [3.05, 3.63) is 78.1 Å². The van der Waals surface area contributed by atoms with Crippen LogP contribution in [-0.2, 0) is 27.4 Å². The number of ether oxygens (including phenoxy) is 2. The van der Waals surface area contributed by atoms with E-state index in [-0.39, 0.29) is 42.6 Å². The zero-order valence-corrected chi connectivity index (χ0v) is 26.7. The van der Waals surface area contributed by atoms with Crippen LogP contribution in [0, 0.1) is 5.82 Å². The van der Waals surface area contributed by atoms with E-state index in [0.29, 0.717) is 35.9 Å². The molecule has 0 unspecified atom stereocenters. The summed E-state index contributed by atoms with van der Waals surface area (Å²) >= 11 is 0. The van der Waals surface area contributed by atoms with Gasteiger partial charge in [-0.25, -0.2) is 14.4 Å². The molecule has 228 valence electrons. The Bertz CT molecular complexity index is 1540. The van der Waals surface area contributed by atoms with Crippen LogP contribution in [0.5, 0.6) is 0 Å². The number of nitrogens with one attached hydrogen (secondary N) is 1. The van der Waals surface area contributed by atoms with Gasteiger partial charge >= 0.3 is 5.97 Å². The van der Waals surface area contributed by atoms with Crippen LogP contribution in [0.3, 0.4) is 0 Å². The van der Waals surface area contributed by atoms with Gasteiger partial charge in [0.2, 0.25) is 0 Å². The maximum absolute atomic E-state index is 13.7. The molecule has 2 heterocycles. The van der Waals surface area contributed by atoms with Crippen molar-refractivity contribution < 1.29 is 23.5 Å². The Morgan fingerprint density at radius 1 is 1.05 bits per heavy atom. The van der Waals surface area contributed by atoms with E-state index in [0.717, 1.165) is 17.2 Å². The number of carbonyl (C=O) groups is 2. The SMILES string of the molecule is COC(=O)CCc1ccc(NC(=O)c2cn(COCC[Si](C)(C)C)c(-c3c(-c4ccc(F)cc4)ncn3C(C)C)n2)cc1. The van der Waals surface area contributed by atoms with Crippen molar-refractivity contribution in [3.8, 4) is 22.8 Å². The van der Waals surface area contributed by atoms with Gasteiger partial charge in [-0.05, 0) is 68.3 Å². The molecular weight excluding hydrogens is 565 g/mol. The molecule has 0 aliphatic rings. The number of hydrogen-bond acceptors (Lipinski definition) is 6. The third kappa shape index (κ3) is 8.48. The number of aryl methyl sites for hydroxylation is 1. The van der Waals surface area contributed by atoms with Gasteiger partial charge in [0.25, 0.3) is 5.91 Å². The van der Waals surface area contributed by atoms with Gasteiger partial charge in [-0.15, -0.1) is 0 Å². The molecule has 43 heavy (non-hydrogen) atoms. The Kier molecular flexibility index (Phi) is 10.3. The van der Waals surface area contributed by atoms with Crippen molar-refractivity contribution in [1.29, 1.82) is 0 Å². The number of benzene rings is 2. The first kappa shape index (κ1) is 31.8. The standard InChI is InChI=1S/C32H40FN5O4Si/c1-22(2)38-20-34-29(24-10-12-25(33)13-11-24)30(38)31-36-27(19-37(31)21-42-17-18-43(4,5)6)32(40)35-26-14-7-23(8-15-26)9-16-28(39)41-3/h7-8,10-15,19-20,22H,9,16-18,21H2,1-6H3,(H,35,40). The van der Waals surface area contributed by atoms with E-state index in [1.807, 2.05) is 35.1 Å². The maximum atomic E-state index is 13.7. The summed E-state index contributed by atoms with van der Waals surface area (Å²) < 4.78 is 28.4. The summed E-state index contributed by atoms with van der Waals surface area (Å²) in [7, 11) is 0.0700. The quantitative estimate of drug-likeness (QED) is 0.102. The Hall–Kier alpha value is -4.09. The second kappa shape index (κ2) is 13.9. The number of nitrogens with zero attached hydrogens (tertiary/aromatic N) is 4. The number of aromatic nitrogens is 4. The molecule has 0 aliphatic carbocycles. The molecule has 1 N–H and O–H groups in total. The monoisotopic (exact) mass is 605 g/mol. The molecule has 0 saturated heterocycles. The minimum atomic E-state index is -1.30. The van der Waals surface area contributed by atoms with Crippen LogP contribution in [-0.4, -0.2) is 52.8 Å². The summed E-state index contributed by atoms with van der Waals surface area (Å²) in [6.45, 7) is 11.8. The highest BCUT2D eigenvalue weighted by Crippen LogP contribution is 2.33. The highest BCUT2D eigenvalue weighted by Gasteiger charge is 2.24. The second-order valence-electron chi connectivity index (χ2n) is 11.9. The molecule has 2 aromatic carbocycles. The zero-order chi connectivity index (χ0) is 31.1. The first-order chi connectivity index (χ1) is 20.4. The summed E-state index contributed by atoms with van der Waals surface area (Å²) in [6.07, 6.45) is 4.27. The lowest BCUT2D eigenvalue weighted by atomic mass is 10.1. The third-order valence-corrected chi connectivity index (χ3v) is 8.68. The van der Waals surface area contributed by atoms with Gasteiger partial charge in [-0.2, -0.15) is 0 Å². The van der Waals surface area contributed by atoms with Crippen molar-refractivity contribution in [2.45, 2.75) is 65.1 Å². The number of imidazole rings is 2. The van der Waals surface area contributed by atoms with E-state index in [1.165, 1.54) is 19.2 Å². The number of anilines is 1. The van der Waals surface area contributed by atoms with Crippen molar-refractivity contribution in [2.75, 3.05) is 19.0 Å². The van der Waals surface area contributed by atoms with Crippen LogP contribution < -0.4 is 5.32 Å². The van der Waals surface area contributed by atoms with Crippen LogP contribution in [0.25, 0.3) is 22.8 Å². The highest BCUT2D eigenvalue weighted by molar-refractivity contribution is 6.76. The lowest BCUT2D eigenvalue weighted by molar-refractivity contribution is -0.140. The fourth-order valence-corrected chi connectivity index (χ4v) is 5.20. The predicted molar refractivity (Wildman–Crippen MR) is 168 cm³/mol. The largest absolute Gasteiger partial charge is 0.469 e. The van der Waals surface area contributed by atoms with E-state index >= 15 is 0 Å². The summed E-state index contributed by atoms with van der Waals surface area (Å²) in [5, 5.41) is 2.92. The molecule has 0 atom stereocenters. The Morgan fingerprint density at radius 3 is 2.37 bits per heavy atom. The normalized spacial score (nSPS) is 11.6. The summed E-state index contributed by atoms with van der Waals surface area (Å²) in [5.74, 6) is -0.443. The predicted octanol–water partition coefficient (Wildman–Crippen LogP) is 6.80. The van der Waals surface area contributed by atoms with Gasteiger partial charge in [-0.1, -0.05) is 31.8 Å². The molecule has 2 aromatic heterocycles. The van der Waals surface area contributed by atoms with Crippen molar-refractivity contribution in [1.82, 2.24) is 19.1 Å². The first-order valence-corrected chi connectivity index (χ1v) is 18.1. The highest BCUT2D eigenvalue weighted by atomic mass is 28.3. The second-order valence-corrected chi connectivity index (χ2v) is 17.6. The van der Waals surface area contributed by atoms with Gasteiger partial charge in [0, 0.05) is 44.6 Å². The lowest BCUT2D eigenvalue weighted by Gasteiger charge is -2.17. The Morgan fingerprint density at radius 2 is 1.74 bits per heavy atom. The molecule has 11 heteroatoms. The van der Waals surface area contributed by atoms with Gasteiger partial charge in [-0.3, -0.25) is 9.59 Å². The van der Waals surface area contributed by atoms with E-state index in [4.69, 9.17) is 14.5 Å². The number of rotatable bonds is 13. The molecule has 0 radical (unpaired) electrons. The Balaban J connectivity index is 1.65. The van der Waals surface area contributed by atoms with Gasteiger partial charge < -0.3 is 23.9 Å². The summed E-state index contributed by atoms with van der Waals surface area (Å²) in [4.78, 5) is 34.3. The van der Waals surface area contributed by atoms with E-state index < -0.39 is 8.07 Å². The fourth-order valence-electron chi connectivity index (χ4n) is 4.45. The third-order valence-electron chi connectivity index (χ3n) is 6.97. The first-order valence-electron chi connectivity index (χ1n) is 14.4. The molecule has 9 nitrogen and oxygen atoms in total. The molecule has 0 saturated carbocycles. The minimum absolute atomic E-state index is 0.0460. The van der Waals surface area contributed by atoms with Gasteiger partial charge in [0.1, 0.15) is 23.9 Å². The molecule has 4 rings (SSSR count). The number of methoxy groups -OCH3 is 1. The van der Waals surface area contributed by atoms with Gasteiger partial charge in [0.05, 0.1) is 19.1 Å². The number of hydrogen-bond donors (Lipinski definition) is 1. The minimum Gasteiger partial charge on any atom is -0.469 e. The zero-order valence-electron chi connectivity index (χ0n) is 25.7. The topological polar surface area (TPSA) is 100 Å². The molecule has 1 amide bonds. The van der Waals surface area contributed by atoms with Crippen molar-refractivity contribution in [2.24, 2.45) is 0 Å². The number of carbonyl (C=O) groups excluding carboxylic acids is 2. The van der Waals surface area contributed by atoms with Crippen LogP contribution in [0.2, 0.25) is 25.7 Å². The van der Waals surface area contributed by atoms with Gasteiger partial charge in [0.15, 0.2) is 5.82 Å². The van der Waals surface area contributed by atoms with Crippen LogP contribution in [0.4, 0.5) is 10.1 Å².